The van der Waals surface area contributed by atoms with E-state index in [-0.39, 0.29) is 17.7 Å². The maximum absolute atomic E-state index is 13.4. The number of para-hydroxylation sites is 2. The molecule has 0 radical (unpaired) electrons. The molecule has 154 valence electrons. The van der Waals surface area contributed by atoms with Crippen LogP contribution < -0.4 is 9.64 Å². The number of H-pyrrole nitrogens is 1. The van der Waals surface area contributed by atoms with Crippen LogP contribution in [0.25, 0.3) is 11.4 Å². The van der Waals surface area contributed by atoms with Gasteiger partial charge < -0.3 is 4.74 Å². The van der Waals surface area contributed by atoms with Gasteiger partial charge in [0.25, 0.3) is 0 Å². The van der Waals surface area contributed by atoms with Crippen LogP contribution in [0.1, 0.15) is 11.6 Å². The van der Waals surface area contributed by atoms with Crippen molar-refractivity contribution < 1.29 is 9.53 Å². The number of anilines is 1. The summed E-state index contributed by atoms with van der Waals surface area (Å²) in [5, 5.41) is 7.69. The molecule has 0 saturated carbocycles. The first-order chi connectivity index (χ1) is 15.3. The molecule has 7 nitrogen and oxygen atoms in total. The Morgan fingerprint density at radius 2 is 1.84 bits per heavy atom. The minimum absolute atomic E-state index is 0.0233. The van der Waals surface area contributed by atoms with E-state index in [0.717, 1.165) is 16.8 Å². The number of carbonyl (C=O) groups excluding carboxylic acids is 1. The second-order valence-corrected chi connectivity index (χ2v) is 7.90. The highest BCUT2D eigenvalue weighted by Crippen LogP contribution is 2.39. The molecule has 31 heavy (non-hydrogen) atoms. The summed E-state index contributed by atoms with van der Waals surface area (Å²) in [4.78, 5) is 23.7. The Morgan fingerprint density at radius 1 is 1.06 bits per heavy atom. The number of carbonyl (C=O) groups is 1. The van der Waals surface area contributed by atoms with Gasteiger partial charge in [0.15, 0.2) is 5.82 Å². The first-order valence-electron chi connectivity index (χ1n) is 9.84. The molecule has 0 saturated heterocycles. The van der Waals surface area contributed by atoms with Crippen molar-refractivity contribution in [2.75, 3.05) is 17.3 Å². The monoisotopic (exact) mass is 429 g/mol. The van der Waals surface area contributed by atoms with Crippen LogP contribution in [0.15, 0.2) is 84.3 Å². The van der Waals surface area contributed by atoms with E-state index in [1.165, 1.54) is 11.8 Å². The van der Waals surface area contributed by atoms with Gasteiger partial charge in [-0.05, 0) is 29.8 Å². The Bertz CT molecular complexity index is 1180. The van der Waals surface area contributed by atoms with E-state index in [1.807, 2.05) is 71.6 Å². The van der Waals surface area contributed by atoms with Crippen LogP contribution in [-0.4, -0.2) is 38.4 Å². The lowest BCUT2D eigenvalue weighted by molar-refractivity contribution is -0.117. The molecule has 5 rings (SSSR count). The van der Waals surface area contributed by atoms with E-state index in [9.17, 15) is 4.79 Å². The molecule has 0 aliphatic carbocycles. The van der Waals surface area contributed by atoms with Crippen molar-refractivity contribution >= 4 is 23.4 Å². The first-order valence-corrected chi connectivity index (χ1v) is 10.8. The van der Waals surface area contributed by atoms with E-state index in [1.54, 1.807) is 12.4 Å². The van der Waals surface area contributed by atoms with Crippen LogP contribution in [-0.2, 0) is 4.79 Å². The van der Waals surface area contributed by atoms with E-state index in [0.29, 0.717) is 23.3 Å². The summed E-state index contributed by atoms with van der Waals surface area (Å²) in [5.74, 6) is 1.55. The number of nitrogens with zero attached hydrogens (tertiary/aromatic N) is 4. The number of aromatic amines is 1. The zero-order valence-corrected chi connectivity index (χ0v) is 17.3. The number of ether oxygens (including phenoxy) is 1. The largest absolute Gasteiger partial charge is 0.489 e. The van der Waals surface area contributed by atoms with Crippen LogP contribution in [0, 0.1) is 0 Å². The minimum Gasteiger partial charge on any atom is -0.489 e. The van der Waals surface area contributed by atoms with Gasteiger partial charge in [0, 0.05) is 18.0 Å². The van der Waals surface area contributed by atoms with Crippen LogP contribution in [0.2, 0.25) is 0 Å². The van der Waals surface area contributed by atoms with E-state index in [4.69, 9.17) is 4.74 Å². The fourth-order valence-electron chi connectivity index (χ4n) is 3.56. The molecule has 3 heterocycles. The van der Waals surface area contributed by atoms with Gasteiger partial charge in [-0.3, -0.25) is 19.8 Å². The van der Waals surface area contributed by atoms with E-state index >= 15 is 0 Å². The lowest BCUT2D eigenvalue weighted by Crippen LogP contribution is -2.42. The lowest BCUT2D eigenvalue weighted by Gasteiger charge is -2.37. The number of hydrogen-bond donors (Lipinski definition) is 1. The molecule has 1 atom stereocenters. The molecular formula is C23H19N5O2S. The van der Waals surface area contributed by atoms with Gasteiger partial charge in [0.05, 0.1) is 17.5 Å². The minimum atomic E-state index is -0.191. The topological polar surface area (TPSA) is 84.0 Å². The number of nitrogens with one attached hydrogen (secondary N) is 1. The van der Waals surface area contributed by atoms with Crippen LogP contribution in [0.5, 0.6) is 5.75 Å². The number of rotatable bonds is 5. The molecule has 8 heteroatoms. The number of pyridine rings is 1. The molecule has 0 unspecified atom stereocenters. The van der Waals surface area contributed by atoms with Gasteiger partial charge in [0.2, 0.25) is 11.1 Å². The van der Waals surface area contributed by atoms with Crippen LogP contribution in [0.3, 0.4) is 0 Å². The fraction of sp³-hybridized carbons (Fsp3) is 0.130. The third-order valence-electron chi connectivity index (χ3n) is 5.03. The highest BCUT2D eigenvalue weighted by atomic mass is 32.2. The first kappa shape index (κ1) is 19.3. The SMILES string of the molecule is O=C(CSc1n[nH]c(-c2ccncc2)n1)N1c2ccccc2OC[C@H]1c1ccccc1. The maximum Gasteiger partial charge on any atom is 0.238 e. The van der Waals surface area contributed by atoms with Crippen molar-refractivity contribution in [3.8, 4) is 17.1 Å². The Morgan fingerprint density at radius 3 is 2.68 bits per heavy atom. The molecule has 0 spiro atoms. The molecule has 2 aromatic heterocycles. The normalized spacial score (nSPS) is 15.2. The predicted molar refractivity (Wildman–Crippen MR) is 119 cm³/mol. The summed E-state index contributed by atoms with van der Waals surface area (Å²) in [6, 6.07) is 21.1. The zero-order valence-electron chi connectivity index (χ0n) is 16.5. The highest BCUT2D eigenvalue weighted by Gasteiger charge is 2.33. The molecule has 0 bridgehead atoms. The molecule has 0 fully saturated rings. The molecule has 1 aliphatic rings. The smallest absolute Gasteiger partial charge is 0.238 e. The Hall–Kier alpha value is -3.65. The van der Waals surface area contributed by atoms with E-state index in [2.05, 4.69) is 20.2 Å². The van der Waals surface area contributed by atoms with Gasteiger partial charge >= 0.3 is 0 Å². The third kappa shape index (κ3) is 4.02. The molecule has 4 aromatic rings. The summed E-state index contributed by atoms with van der Waals surface area (Å²) in [5.41, 5.74) is 2.71. The molecule has 2 aromatic carbocycles. The molecule has 1 aliphatic heterocycles. The summed E-state index contributed by atoms with van der Waals surface area (Å²) in [7, 11) is 0. The van der Waals surface area contributed by atoms with Crippen molar-refractivity contribution in [1.82, 2.24) is 20.2 Å². The third-order valence-corrected chi connectivity index (χ3v) is 5.86. The van der Waals surface area contributed by atoms with Crippen LogP contribution in [0.4, 0.5) is 5.69 Å². The zero-order chi connectivity index (χ0) is 21.0. The lowest BCUT2D eigenvalue weighted by atomic mass is 10.0. The number of benzene rings is 2. The number of amides is 1. The van der Waals surface area contributed by atoms with Gasteiger partial charge in [-0.1, -0.05) is 54.2 Å². The van der Waals surface area contributed by atoms with E-state index < -0.39 is 0 Å². The summed E-state index contributed by atoms with van der Waals surface area (Å²) in [6.07, 6.45) is 3.40. The van der Waals surface area contributed by atoms with Crippen molar-refractivity contribution in [3.05, 3.63) is 84.7 Å². The standard InChI is InChI=1S/C23H19N5O2S/c29-21(15-31-23-25-22(26-27-23)17-10-12-24-13-11-17)28-18-8-4-5-9-20(18)30-14-19(28)16-6-2-1-3-7-16/h1-13,19H,14-15H2,(H,25,26,27)/t19-/m0/s1. The number of aromatic nitrogens is 4. The van der Waals surface area contributed by atoms with Crippen LogP contribution >= 0.6 is 11.8 Å². The predicted octanol–water partition coefficient (Wildman–Crippen LogP) is 4.13. The highest BCUT2D eigenvalue weighted by molar-refractivity contribution is 7.99. The van der Waals surface area contributed by atoms with Crippen molar-refractivity contribution in [2.45, 2.75) is 11.2 Å². The maximum atomic E-state index is 13.4. The second kappa shape index (κ2) is 8.61. The Kier molecular flexibility index (Phi) is 5.37. The average molecular weight is 430 g/mol. The summed E-state index contributed by atoms with van der Waals surface area (Å²) in [6.45, 7) is 0.407. The van der Waals surface area contributed by atoms with Crippen molar-refractivity contribution in [1.29, 1.82) is 0 Å². The van der Waals surface area contributed by atoms with Crippen molar-refractivity contribution in [2.24, 2.45) is 0 Å². The fourth-order valence-corrected chi connectivity index (χ4v) is 4.22. The van der Waals surface area contributed by atoms with Crippen molar-refractivity contribution in [3.63, 3.8) is 0 Å². The average Bonchev–Trinajstić information content (AvgIpc) is 3.32. The van der Waals surface area contributed by atoms with Gasteiger partial charge in [0.1, 0.15) is 12.4 Å². The molecule has 1 N–H and O–H groups in total. The number of thioether (sulfide) groups is 1. The number of fused-ring (bicyclic) bond motifs is 1. The number of hydrogen-bond acceptors (Lipinski definition) is 6. The molecule has 1 amide bonds. The quantitative estimate of drug-likeness (QED) is 0.481. The Labute approximate surface area is 183 Å². The second-order valence-electron chi connectivity index (χ2n) is 6.96. The summed E-state index contributed by atoms with van der Waals surface area (Å²) >= 11 is 1.31. The van der Waals surface area contributed by atoms with Gasteiger partial charge in [-0.15, -0.1) is 5.10 Å². The van der Waals surface area contributed by atoms with Gasteiger partial charge in [-0.25, -0.2) is 4.98 Å². The Balaban J connectivity index is 1.37. The summed E-state index contributed by atoms with van der Waals surface area (Å²) < 4.78 is 5.95. The van der Waals surface area contributed by atoms with Gasteiger partial charge in [-0.2, -0.15) is 0 Å². The molecular weight excluding hydrogens is 410 g/mol.